The number of benzene rings is 3. The first-order valence-electron chi connectivity index (χ1n) is 10.5. The summed E-state index contributed by atoms with van der Waals surface area (Å²) >= 11 is 0. The summed E-state index contributed by atoms with van der Waals surface area (Å²) in [4.78, 5) is 0. The van der Waals surface area contributed by atoms with Crippen molar-refractivity contribution in [1.82, 2.24) is 0 Å². The number of furan rings is 1. The van der Waals surface area contributed by atoms with Gasteiger partial charge in [-0.15, -0.1) is 0 Å². The molecule has 0 amide bonds. The Kier molecular flexibility index (Phi) is 6.70. The summed E-state index contributed by atoms with van der Waals surface area (Å²) in [6, 6.07) is 26.6. The van der Waals surface area contributed by atoms with Gasteiger partial charge < -0.3 is 13.9 Å². The topological polar surface area (TPSA) is 79.2 Å². The number of rotatable bonds is 9. The van der Waals surface area contributed by atoms with Crippen LogP contribution in [0.4, 0.5) is 0 Å². The molecule has 158 valence electrons. The van der Waals surface area contributed by atoms with E-state index in [-0.39, 0.29) is 0 Å². The molecule has 4 rings (SSSR count). The van der Waals surface area contributed by atoms with Gasteiger partial charge >= 0.3 is 0 Å². The van der Waals surface area contributed by atoms with E-state index >= 15 is 0 Å². The molecule has 3 aromatic carbocycles. The van der Waals surface area contributed by atoms with E-state index in [1.165, 1.54) is 0 Å². The highest BCUT2D eigenvalue weighted by Crippen LogP contribution is 2.30. The summed E-state index contributed by atoms with van der Waals surface area (Å²) in [6.07, 6.45) is 2.87. The number of unbranched alkanes of at least 4 members (excludes halogenated alkanes) is 2. The predicted molar refractivity (Wildman–Crippen MR) is 122 cm³/mol. The third-order valence-corrected chi connectivity index (χ3v) is 5.07. The van der Waals surface area contributed by atoms with Gasteiger partial charge in [0.15, 0.2) is 0 Å². The molecule has 5 heteroatoms. The van der Waals surface area contributed by atoms with Crippen molar-refractivity contribution in [3.63, 3.8) is 0 Å². The fraction of sp³-hybridized carbons (Fsp3) is 0.185. The Morgan fingerprint density at radius 1 is 0.688 bits per heavy atom. The van der Waals surface area contributed by atoms with E-state index in [4.69, 9.17) is 24.4 Å². The van der Waals surface area contributed by atoms with Crippen molar-refractivity contribution in [2.45, 2.75) is 19.3 Å². The molecule has 0 bridgehead atoms. The number of hydrogen-bond donors (Lipinski definition) is 0. The molecular weight excluding hydrogens is 400 g/mol. The molecule has 0 aliphatic heterocycles. The minimum atomic E-state index is 0.615. The Morgan fingerprint density at radius 3 is 2.16 bits per heavy atom. The molecule has 0 N–H and O–H groups in total. The van der Waals surface area contributed by atoms with E-state index in [1.807, 2.05) is 54.6 Å². The molecule has 0 saturated carbocycles. The monoisotopic (exact) mass is 422 g/mol. The van der Waals surface area contributed by atoms with E-state index < -0.39 is 0 Å². The predicted octanol–water partition coefficient (Wildman–Crippen LogP) is 6.47. The number of nitrogens with zero attached hydrogens (tertiary/aromatic N) is 2. The number of ether oxygens (including phenoxy) is 2. The highest BCUT2D eigenvalue weighted by Gasteiger charge is 2.08. The fourth-order valence-corrected chi connectivity index (χ4v) is 3.38. The zero-order valence-electron chi connectivity index (χ0n) is 17.6. The van der Waals surface area contributed by atoms with Gasteiger partial charge in [-0.1, -0.05) is 12.1 Å². The average molecular weight is 422 g/mol. The van der Waals surface area contributed by atoms with Gasteiger partial charge in [-0.2, -0.15) is 10.5 Å². The third kappa shape index (κ3) is 5.28. The van der Waals surface area contributed by atoms with Crippen LogP contribution in [0.1, 0.15) is 30.4 Å². The first-order valence-corrected chi connectivity index (χ1v) is 10.5. The van der Waals surface area contributed by atoms with Crippen LogP contribution in [0.25, 0.3) is 22.3 Å². The number of nitriles is 2. The maximum absolute atomic E-state index is 9.06. The van der Waals surface area contributed by atoms with Crippen LogP contribution in [-0.4, -0.2) is 13.2 Å². The lowest BCUT2D eigenvalue weighted by Gasteiger charge is -2.08. The smallest absolute Gasteiger partial charge is 0.135 e. The Hall–Kier alpha value is -4.22. The normalized spacial score (nSPS) is 10.4. The van der Waals surface area contributed by atoms with Crippen molar-refractivity contribution in [2.24, 2.45) is 0 Å². The minimum absolute atomic E-state index is 0.615. The second-order valence-electron chi connectivity index (χ2n) is 7.40. The van der Waals surface area contributed by atoms with E-state index in [9.17, 15) is 0 Å². The molecule has 0 spiro atoms. The summed E-state index contributed by atoms with van der Waals surface area (Å²) in [6.45, 7) is 1.27. The molecule has 0 radical (unpaired) electrons. The Balaban J connectivity index is 1.23. The van der Waals surface area contributed by atoms with Gasteiger partial charge in [0.05, 0.1) is 36.5 Å². The van der Waals surface area contributed by atoms with Gasteiger partial charge in [0.25, 0.3) is 0 Å². The summed E-state index contributed by atoms with van der Waals surface area (Å²) in [5, 5.41) is 18.8. The van der Waals surface area contributed by atoms with Gasteiger partial charge in [0, 0.05) is 10.9 Å². The average Bonchev–Trinajstić information content (AvgIpc) is 3.27. The molecule has 1 heterocycles. The van der Waals surface area contributed by atoms with Crippen LogP contribution >= 0.6 is 0 Å². The summed E-state index contributed by atoms with van der Waals surface area (Å²) < 4.78 is 17.5. The lowest BCUT2D eigenvalue weighted by molar-refractivity contribution is 0.279. The van der Waals surface area contributed by atoms with Gasteiger partial charge in [-0.3, -0.25) is 0 Å². The van der Waals surface area contributed by atoms with Crippen LogP contribution in [0.15, 0.2) is 77.2 Å². The Labute approximate surface area is 187 Å². The molecule has 0 unspecified atom stereocenters. The number of fused-ring (bicyclic) bond motifs is 1. The van der Waals surface area contributed by atoms with E-state index in [2.05, 4.69) is 12.1 Å². The zero-order chi connectivity index (χ0) is 22.2. The SMILES string of the molecule is N#Cc1ccc(OCCCCCOc2cccc(-c3cc4cc(C#N)ccc4o3)c2)cc1. The van der Waals surface area contributed by atoms with Gasteiger partial charge in [-0.05, 0) is 79.9 Å². The first kappa shape index (κ1) is 21.0. The van der Waals surface area contributed by atoms with E-state index in [0.717, 1.165) is 53.1 Å². The first-order chi connectivity index (χ1) is 15.7. The van der Waals surface area contributed by atoms with Crippen LogP contribution in [0, 0.1) is 22.7 Å². The number of hydrogen-bond acceptors (Lipinski definition) is 5. The maximum Gasteiger partial charge on any atom is 0.135 e. The van der Waals surface area contributed by atoms with Crippen LogP contribution in [0.3, 0.4) is 0 Å². The molecule has 0 aliphatic carbocycles. The summed E-state index contributed by atoms with van der Waals surface area (Å²) in [5.41, 5.74) is 2.94. The Morgan fingerprint density at radius 2 is 1.41 bits per heavy atom. The van der Waals surface area contributed by atoms with Crippen LogP contribution in [-0.2, 0) is 0 Å². The lowest BCUT2D eigenvalue weighted by Crippen LogP contribution is -2.01. The van der Waals surface area contributed by atoms with Crippen LogP contribution in [0.5, 0.6) is 11.5 Å². The quantitative estimate of drug-likeness (QED) is 0.289. The molecule has 5 nitrogen and oxygen atoms in total. The van der Waals surface area contributed by atoms with Crippen molar-refractivity contribution < 1.29 is 13.9 Å². The second kappa shape index (κ2) is 10.2. The van der Waals surface area contributed by atoms with Crippen molar-refractivity contribution in [1.29, 1.82) is 10.5 Å². The molecular formula is C27H22N2O3. The van der Waals surface area contributed by atoms with Crippen molar-refractivity contribution in [3.05, 3.63) is 83.9 Å². The van der Waals surface area contributed by atoms with Gasteiger partial charge in [0.1, 0.15) is 22.8 Å². The van der Waals surface area contributed by atoms with E-state index in [1.54, 1.807) is 18.2 Å². The Bertz CT molecular complexity index is 1280. The van der Waals surface area contributed by atoms with Crippen molar-refractivity contribution >= 4 is 11.0 Å². The molecule has 0 fully saturated rings. The van der Waals surface area contributed by atoms with Gasteiger partial charge in [-0.25, -0.2) is 0 Å². The fourth-order valence-electron chi connectivity index (χ4n) is 3.38. The largest absolute Gasteiger partial charge is 0.494 e. The standard InChI is InChI=1S/C27H22N2O3/c28-18-20-7-10-24(11-8-20)30-13-2-1-3-14-31-25-6-4-5-22(16-25)27-17-23-15-21(19-29)9-12-26(23)32-27/h4-12,15-17H,1-3,13-14H2. The lowest BCUT2D eigenvalue weighted by atomic mass is 10.1. The maximum atomic E-state index is 9.06. The molecule has 0 aliphatic rings. The van der Waals surface area contributed by atoms with Crippen LogP contribution < -0.4 is 9.47 Å². The highest BCUT2D eigenvalue weighted by molar-refractivity contribution is 5.84. The van der Waals surface area contributed by atoms with Gasteiger partial charge in [0.2, 0.25) is 0 Å². The van der Waals surface area contributed by atoms with Crippen LogP contribution in [0.2, 0.25) is 0 Å². The second-order valence-corrected chi connectivity index (χ2v) is 7.40. The molecule has 32 heavy (non-hydrogen) atoms. The highest BCUT2D eigenvalue weighted by atomic mass is 16.5. The third-order valence-electron chi connectivity index (χ3n) is 5.07. The van der Waals surface area contributed by atoms with Crippen molar-refractivity contribution in [3.8, 4) is 35.0 Å². The van der Waals surface area contributed by atoms with E-state index in [0.29, 0.717) is 24.3 Å². The molecule has 0 saturated heterocycles. The van der Waals surface area contributed by atoms with Crippen molar-refractivity contribution in [2.75, 3.05) is 13.2 Å². The summed E-state index contributed by atoms with van der Waals surface area (Å²) in [7, 11) is 0. The summed E-state index contributed by atoms with van der Waals surface area (Å²) in [5.74, 6) is 2.33. The molecule has 1 aromatic heterocycles. The zero-order valence-corrected chi connectivity index (χ0v) is 17.6. The minimum Gasteiger partial charge on any atom is -0.494 e. The molecule has 0 atom stereocenters. The molecule has 4 aromatic rings.